The van der Waals surface area contributed by atoms with Crippen LogP contribution >= 0.6 is 0 Å². The molecule has 0 fully saturated rings. The van der Waals surface area contributed by atoms with Gasteiger partial charge >= 0.3 is 12.1 Å². The molecule has 0 heterocycles. The number of hydrogen-bond donors (Lipinski definition) is 2. The van der Waals surface area contributed by atoms with Crippen LogP contribution in [0.5, 0.6) is 17.2 Å². The van der Waals surface area contributed by atoms with Crippen LogP contribution in [0, 0.1) is 6.92 Å². The Morgan fingerprint density at radius 2 is 1.65 bits per heavy atom. The van der Waals surface area contributed by atoms with E-state index in [4.69, 9.17) is 9.47 Å². The lowest BCUT2D eigenvalue weighted by Crippen LogP contribution is -2.38. The quantitative estimate of drug-likeness (QED) is 0.344. The maximum absolute atomic E-state index is 13.0. The molecule has 196 valence electrons. The van der Waals surface area contributed by atoms with Crippen LogP contribution < -0.4 is 14.8 Å². The van der Waals surface area contributed by atoms with Gasteiger partial charge < -0.3 is 19.9 Å². The highest BCUT2D eigenvalue weighted by Crippen LogP contribution is 2.31. The molecular weight excluding hydrogens is 487 g/mol. The molecule has 1 unspecified atom stereocenters. The molecular formula is C28H28F3NO5. The smallest absolute Gasteiger partial charge is 0.416 e. The van der Waals surface area contributed by atoms with Gasteiger partial charge in [-0.25, -0.2) is 4.79 Å². The molecule has 1 amide bonds. The first-order valence-corrected chi connectivity index (χ1v) is 11.5. The number of nitrogens with one attached hydrogen (secondary N) is 1. The molecule has 0 saturated carbocycles. The highest BCUT2D eigenvalue weighted by molar-refractivity contribution is 5.94. The van der Waals surface area contributed by atoms with Gasteiger partial charge in [0.2, 0.25) is 0 Å². The van der Waals surface area contributed by atoms with Crippen molar-refractivity contribution in [2.75, 3.05) is 0 Å². The molecule has 9 heteroatoms. The number of ether oxygens (including phenoxy) is 2. The number of carbonyl (C=O) groups excluding carboxylic acids is 1. The van der Waals surface area contributed by atoms with E-state index in [9.17, 15) is 27.9 Å². The zero-order chi connectivity index (χ0) is 27.4. The van der Waals surface area contributed by atoms with Crippen molar-refractivity contribution < 1.29 is 37.3 Å². The molecule has 0 bridgehead atoms. The Balaban J connectivity index is 1.65. The third-order valence-corrected chi connectivity index (χ3v) is 5.53. The van der Waals surface area contributed by atoms with E-state index in [1.807, 2.05) is 0 Å². The second-order valence-electron chi connectivity index (χ2n) is 9.25. The lowest BCUT2D eigenvalue weighted by Gasteiger charge is -2.23. The minimum Gasteiger partial charge on any atom is -0.478 e. The molecule has 3 aromatic carbocycles. The number of carboxylic acid groups (broad SMARTS) is 1. The summed E-state index contributed by atoms with van der Waals surface area (Å²) < 4.78 is 50.3. The summed E-state index contributed by atoms with van der Waals surface area (Å²) in [6.45, 7) is 6.39. The molecule has 0 aliphatic rings. The summed E-state index contributed by atoms with van der Waals surface area (Å²) in [4.78, 5) is 24.1. The van der Waals surface area contributed by atoms with Gasteiger partial charge in [0.1, 0.15) is 17.2 Å². The molecule has 37 heavy (non-hydrogen) atoms. The van der Waals surface area contributed by atoms with Crippen LogP contribution in [0.1, 0.15) is 47.8 Å². The average Bonchev–Trinajstić information content (AvgIpc) is 2.80. The Labute approximate surface area is 213 Å². The fourth-order valence-corrected chi connectivity index (χ4v) is 3.54. The fourth-order valence-electron chi connectivity index (χ4n) is 3.54. The second-order valence-corrected chi connectivity index (χ2v) is 9.25. The van der Waals surface area contributed by atoms with Crippen LogP contribution in [-0.2, 0) is 17.4 Å². The summed E-state index contributed by atoms with van der Waals surface area (Å²) in [7, 11) is 0. The first-order chi connectivity index (χ1) is 17.2. The highest BCUT2D eigenvalue weighted by Gasteiger charge is 2.31. The minimum absolute atomic E-state index is 0.234. The van der Waals surface area contributed by atoms with Crippen LogP contribution in [0.15, 0.2) is 66.7 Å². The highest BCUT2D eigenvalue weighted by atomic mass is 19.4. The van der Waals surface area contributed by atoms with Crippen molar-refractivity contribution in [2.24, 2.45) is 0 Å². The van der Waals surface area contributed by atoms with Crippen LogP contribution in [-0.4, -0.2) is 28.6 Å². The van der Waals surface area contributed by atoms with Gasteiger partial charge in [-0.1, -0.05) is 24.3 Å². The number of amides is 1. The Bertz CT molecular complexity index is 1290. The predicted octanol–water partition coefficient (Wildman–Crippen LogP) is 6.41. The fraction of sp³-hybridized carbons (Fsp3) is 0.286. The number of carbonyl (C=O) groups is 2. The third kappa shape index (κ3) is 7.49. The van der Waals surface area contributed by atoms with Gasteiger partial charge in [-0.3, -0.25) is 4.79 Å². The molecule has 0 radical (unpaired) electrons. The zero-order valence-corrected chi connectivity index (χ0v) is 20.8. The monoisotopic (exact) mass is 515 g/mol. The molecule has 2 N–H and O–H groups in total. The number of carboxylic acids is 1. The number of rotatable bonds is 9. The van der Waals surface area contributed by atoms with Crippen LogP contribution in [0.25, 0.3) is 0 Å². The molecule has 3 aromatic rings. The summed E-state index contributed by atoms with van der Waals surface area (Å²) >= 11 is 0. The van der Waals surface area contributed by atoms with Crippen molar-refractivity contribution in [3.63, 3.8) is 0 Å². The zero-order valence-electron chi connectivity index (χ0n) is 20.8. The molecule has 3 rings (SSSR count). The predicted molar refractivity (Wildman–Crippen MR) is 132 cm³/mol. The van der Waals surface area contributed by atoms with E-state index in [0.29, 0.717) is 33.9 Å². The Hall–Kier alpha value is -4.01. The van der Waals surface area contributed by atoms with E-state index in [0.717, 1.165) is 12.1 Å². The van der Waals surface area contributed by atoms with E-state index in [1.165, 1.54) is 19.9 Å². The van der Waals surface area contributed by atoms with Gasteiger partial charge in [0.15, 0.2) is 5.60 Å². The number of benzene rings is 3. The van der Waals surface area contributed by atoms with Gasteiger partial charge in [-0.2, -0.15) is 13.2 Å². The van der Waals surface area contributed by atoms with Crippen LogP contribution in [0.3, 0.4) is 0 Å². The first kappa shape index (κ1) is 27.6. The standard InChI is InChI=1S/C28H28F3NO5/c1-17-13-23(11-12-24(17)37-27(3,4)26(34)35)36-22-10-6-8-20(16-22)25(33)32-18(2)14-19-7-5-9-21(15-19)28(29,30)31/h5-13,15-16,18H,14H2,1-4H3,(H,32,33)(H,34,35). The Morgan fingerprint density at radius 3 is 2.30 bits per heavy atom. The summed E-state index contributed by atoms with van der Waals surface area (Å²) in [6, 6.07) is 16.0. The minimum atomic E-state index is -4.43. The molecule has 0 aliphatic heterocycles. The van der Waals surface area contributed by atoms with Crippen LogP contribution in [0.4, 0.5) is 13.2 Å². The largest absolute Gasteiger partial charge is 0.478 e. The molecule has 6 nitrogen and oxygen atoms in total. The van der Waals surface area contributed by atoms with Gasteiger partial charge in [0.05, 0.1) is 5.56 Å². The van der Waals surface area contributed by atoms with Crippen molar-refractivity contribution in [3.05, 3.63) is 89.0 Å². The lowest BCUT2D eigenvalue weighted by atomic mass is 10.0. The van der Waals surface area contributed by atoms with E-state index < -0.39 is 29.4 Å². The van der Waals surface area contributed by atoms with E-state index >= 15 is 0 Å². The SMILES string of the molecule is Cc1cc(Oc2cccc(C(=O)NC(C)Cc3cccc(C(F)(F)F)c3)c2)ccc1OC(C)(C)C(=O)O. The van der Waals surface area contributed by atoms with Crippen molar-refractivity contribution in [2.45, 2.75) is 51.9 Å². The van der Waals surface area contributed by atoms with Crippen LogP contribution in [0.2, 0.25) is 0 Å². The summed E-state index contributed by atoms with van der Waals surface area (Å²) in [5, 5.41) is 12.1. The van der Waals surface area contributed by atoms with E-state index in [1.54, 1.807) is 62.4 Å². The van der Waals surface area contributed by atoms with Gasteiger partial charge in [-0.05, 0) is 87.7 Å². The summed E-state index contributed by atoms with van der Waals surface area (Å²) in [5.74, 6) is -0.208. The molecule has 0 saturated heterocycles. The van der Waals surface area contributed by atoms with E-state index in [-0.39, 0.29) is 12.3 Å². The summed E-state index contributed by atoms with van der Waals surface area (Å²) in [5.41, 5.74) is -0.659. The van der Waals surface area contributed by atoms with Gasteiger partial charge in [0.25, 0.3) is 5.91 Å². The number of halogens is 3. The Morgan fingerprint density at radius 1 is 0.973 bits per heavy atom. The molecule has 1 atom stereocenters. The molecule has 0 spiro atoms. The Kier molecular flexibility index (Phi) is 8.15. The maximum atomic E-state index is 13.0. The van der Waals surface area contributed by atoms with E-state index in [2.05, 4.69) is 5.32 Å². The maximum Gasteiger partial charge on any atom is 0.416 e. The van der Waals surface area contributed by atoms with Crippen molar-refractivity contribution in [3.8, 4) is 17.2 Å². The topological polar surface area (TPSA) is 84.9 Å². The number of aryl methyl sites for hydroxylation is 1. The molecule has 0 aromatic heterocycles. The third-order valence-electron chi connectivity index (χ3n) is 5.53. The van der Waals surface area contributed by atoms with Crippen molar-refractivity contribution >= 4 is 11.9 Å². The first-order valence-electron chi connectivity index (χ1n) is 11.5. The van der Waals surface area contributed by atoms with Gasteiger partial charge in [-0.15, -0.1) is 0 Å². The normalized spacial score (nSPS) is 12.5. The lowest BCUT2D eigenvalue weighted by molar-refractivity contribution is -0.152. The molecule has 0 aliphatic carbocycles. The number of aliphatic carboxylic acids is 1. The van der Waals surface area contributed by atoms with Crippen molar-refractivity contribution in [1.82, 2.24) is 5.32 Å². The van der Waals surface area contributed by atoms with Gasteiger partial charge in [0, 0.05) is 11.6 Å². The number of alkyl halides is 3. The number of hydrogen-bond acceptors (Lipinski definition) is 4. The van der Waals surface area contributed by atoms with Crippen molar-refractivity contribution in [1.29, 1.82) is 0 Å². The average molecular weight is 516 g/mol. The second kappa shape index (κ2) is 10.9. The summed E-state index contributed by atoms with van der Waals surface area (Å²) in [6.07, 6.45) is -4.19.